The Labute approximate surface area is 74.4 Å². The van der Waals surface area contributed by atoms with Gasteiger partial charge >= 0.3 is 0 Å². The SMILES string of the molecule is C[C@H](O)C(=O)Nc1ccc(F)cn1. The van der Waals surface area contributed by atoms with Crippen molar-refractivity contribution in [3.8, 4) is 0 Å². The van der Waals surface area contributed by atoms with Gasteiger partial charge in [0.05, 0.1) is 6.20 Å². The third-order valence-corrected chi connectivity index (χ3v) is 1.36. The monoisotopic (exact) mass is 184 g/mol. The summed E-state index contributed by atoms with van der Waals surface area (Å²) in [6.07, 6.45) is -0.121. The van der Waals surface area contributed by atoms with Gasteiger partial charge in [-0.25, -0.2) is 9.37 Å². The van der Waals surface area contributed by atoms with E-state index in [4.69, 9.17) is 5.11 Å². The zero-order valence-electron chi connectivity index (χ0n) is 6.99. The number of hydrogen-bond donors (Lipinski definition) is 2. The normalized spacial score (nSPS) is 12.2. The van der Waals surface area contributed by atoms with E-state index in [2.05, 4.69) is 10.3 Å². The van der Waals surface area contributed by atoms with Crippen LogP contribution >= 0.6 is 0 Å². The number of carbonyl (C=O) groups excluding carboxylic acids is 1. The van der Waals surface area contributed by atoms with Crippen molar-refractivity contribution < 1.29 is 14.3 Å². The molecule has 1 aromatic heterocycles. The van der Waals surface area contributed by atoms with Crippen molar-refractivity contribution in [2.45, 2.75) is 13.0 Å². The molecule has 0 aliphatic heterocycles. The van der Waals surface area contributed by atoms with Crippen LogP contribution in [-0.4, -0.2) is 22.1 Å². The number of hydrogen-bond acceptors (Lipinski definition) is 3. The van der Waals surface area contributed by atoms with Gasteiger partial charge in [0.1, 0.15) is 17.7 Å². The third kappa shape index (κ3) is 2.79. The van der Waals surface area contributed by atoms with Crippen LogP contribution < -0.4 is 5.32 Å². The predicted octanol–water partition coefficient (Wildman–Crippen LogP) is 0.540. The maximum absolute atomic E-state index is 12.4. The number of nitrogens with zero attached hydrogens (tertiary/aromatic N) is 1. The van der Waals surface area contributed by atoms with Crippen LogP contribution in [0.25, 0.3) is 0 Å². The first-order chi connectivity index (χ1) is 6.09. The minimum Gasteiger partial charge on any atom is -0.384 e. The number of halogens is 1. The van der Waals surface area contributed by atoms with Gasteiger partial charge in [-0.1, -0.05) is 0 Å². The Morgan fingerprint density at radius 1 is 1.69 bits per heavy atom. The van der Waals surface area contributed by atoms with Crippen molar-refractivity contribution in [2.24, 2.45) is 0 Å². The minimum absolute atomic E-state index is 0.215. The lowest BCUT2D eigenvalue weighted by molar-refractivity contribution is -0.123. The highest BCUT2D eigenvalue weighted by Gasteiger charge is 2.08. The standard InChI is InChI=1S/C8H9FN2O2/c1-5(12)8(13)11-7-3-2-6(9)4-10-7/h2-5,12H,1H3,(H,10,11,13)/t5-/m0/s1. The summed E-state index contributed by atoms with van der Waals surface area (Å²) in [7, 11) is 0. The summed E-state index contributed by atoms with van der Waals surface area (Å²) >= 11 is 0. The molecule has 13 heavy (non-hydrogen) atoms. The van der Waals surface area contributed by atoms with E-state index in [1.54, 1.807) is 0 Å². The Bertz CT molecular complexity index is 298. The molecular weight excluding hydrogens is 175 g/mol. The van der Waals surface area contributed by atoms with Gasteiger partial charge in [-0.05, 0) is 19.1 Å². The van der Waals surface area contributed by atoms with E-state index in [-0.39, 0.29) is 5.82 Å². The first-order valence-electron chi connectivity index (χ1n) is 3.70. The Morgan fingerprint density at radius 3 is 2.85 bits per heavy atom. The van der Waals surface area contributed by atoms with Crippen LogP contribution in [0.1, 0.15) is 6.92 Å². The smallest absolute Gasteiger partial charge is 0.254 e. The van der Waals surface area contributed by atoms with Crippen molar-refractivity contribution in [3.63, 3.8) is 0 Å². The van der Waals surface area contributed by atoms with Crippen molar-refractivity contribution >= 4 is 11.7 Å². The number of aliphatic hydroxyl groups is 1. The second kappa shape index (κ2) is 3.95. The van der Waals surface area contributed by atoms with Gasteiger partial charge in [-0.15, -0.1) is 0 Å². The average Bonchev–Trinajstić information content (AvgIpc) is 2.08. The summed E-state index contributed by atoms with van der Waals surface area (Å²) in [5.74, 6) is -0.832. The van der Waals surface area contributed by atoms with Crippen molar-refractivity contribution in [3.05, 3.63) is 24.1 Å². The molecule has 1 aromatic rings. The molecule has 0 radical (unpaired) electrons. The molecule has 0 aliphatic rings. The zero-order chi connectivity index (χ0) is 9.84. The lowest BCUT2D eigenvalue weighted by Crippen LogP contribution is -2.24. The van der Waals surface area contributed by atoms with Crippen LogP contribution in [0.3, 0.4) is 0 Å². The molecule has 0 aromatic carbocycles. The number of rotatable bonds is 2. The quantitative estimate of drug-likeness (QED) is 0.705. The van der Waals surface area contributed by atoms with E-state index >= 15 is 0 Å². The maximum Gasteiger partial charge on any atom is 0.254 e. The second-order valence-electron chi connectivity index (χ2n) is 2.53. The van der Waals surface area contributed by atoms with Crippen molar-refractivity contribution in [2.75, 3.05) is 5.32 Å². The summed E-state index contributed by atoms with van der Waals surface area (Å²) < 4.78 is 12.4. The van der Waals surface area contributed by atoms with E-state index in [0.29, 0.717) is 0 Å². The lowest BCUT2D eigenvalue weighted by atomic mass is 10.3. The van der Waals surface area contributed by atoms with Crippen LogP contribution in [0.15, 0.2) is 18.3 Å². The molecule has 1 heterocycles. The first kappa shape index (κ1) is 9.60. The molecule has 1 rings (SSSR count). The van der Waals surface area contributed by atoms with Crippen LogP contribution in [0, 0.1) is 5.82 Å². The van der Waals surface area contributed by atoms with Gasteiger partial charge in [0.2, 0.25) is 0 Å². The lowest BCUT2D eigenvalue weighted by Gasteiger charge is -2.05. The van der Waals surface area contributed by atoms with Crippen LogP contribution in [0.2, 0.25) is 0 Å². The van der Waals surface area contributed by atoms with Crippen LogP contribution in [0.4, 0.5) is 10.2 Å². The average molecular weight is 184 g/mol. The van der Waals surface area contributed by atoms with Gasteiger partial charge in [-0.3, -0.25) is 4.79 Å². The Balaban J connectivity index is 2.65. The number of anilines is 1. The number of aliphatic hydroxyl groups excluding tert-OH is 1. The van der Waals surface area contributed by atoms with Gasteiger partial charge in [0.15, 0.2) is 0 Å². The summed E-state index contributed by atoms with van der Waals surface area (Å²) in [6.45, 7) is 1.33. The number of nitrogens with one attached hydrogen (secondary N) is 1. The Morgan fingerprint density at radius 2 is 2.38 bits per heavy atom. The van der Waals surface area contributed by atoms with E-state index in [0.717, 1.165) is 6.20 Å². The molecule has 4 nitrogen and oxygen atoms in total. The largest absolute Gasteiger partial charge is 0.384 e. The van der Waals surface area contributed by atoms with Gasteiger partial charge in [0.25, 0.3) is 5.91 Å². The molecule has 2 N–H and O–H groups in total. The molecule has 0 saturated carbocycles. The fourth-order valence-electron chi connectivity index (χ4n) is 0.680. The summed E-state index contributed by atoms with van der Waals surface area (Å²) in [5.41, 5.74) is 0. The third-order valence-electron chi connectivity index (χ3n) is 1.36. The molecule has 0 spiro atoms. The maximum atomic E-state index is 12.4. The van der Waals surface area contributed by atoms with Gasteiger partial charge in [-0.2, -0.15) is 0 Å². The summed E-state index contributed by atoms with van der Waals surface area (Å²) in [6, 6.07) is 2.49. The highest BCUT2D eigenvalue weighted by Crippen LogP contribution is 2.03. The summed E-state index contributed by atoms with van der Waals surface area (Å²) in [4.78, 5) is 14.5. The van der Waals surface area contributed by atoms with E-state index in [9.17, 15) is 9.18 Å². The first-order valence-corrected chi connectivity index (χ1v) is 3.70. The molecule has 70 valence electrons. The molecule has 0 fully saturated rings. The molecule has 1 atom stereocenters. The Hall–Kier alpha value is -1.49. The molecule has 0 aliphatic carbocycles. The highest BCUT2D eigenvalue weighted by molar-refractivity contribution is 5.92. The van der Waals surface area contributed by atoms with Gasteiger partial charge < -0.3 is 10.4 Å². The molecule has 0 bridgehead atoms. The fraction of sp³-hybridized carbons (Fsp3) is 0.250. The zero-order valence-corrected chi connectivity index (χ0v) is 6.99. The van der Waals surface area contributed by atoms with Crippen molar-refractivity contribution in [1.82, 2.24) is 4.98 Å². The molecular formula is C8H9FN2O2. The molecule has 1 amide bonds. The molecule has 0 unspecified atom stereocenters. The molecule has 0 saturated heterocycles. The second-order valence-corrected chi connectivity index (χ2v) is 2.53. The summed E-state index contributed by atoms with van der Waals surface area (Å²) in [5, 5.41) is 11.1. The minimum atomic E-state index is -1.10. The van der Waals surface area contributed by atoms with E-state index < -0.39 is 17.8 Å². The number of carbonyl (C=O) groups is 1. The number of amides is 1. The van der Waals surface area contributed by atoms with Crippen LogP contribution in [0.5, 0.6) is 0 Å². The Kier molecular flexibility index (Phi) is 2.92. The van der Waals surface area contributed by atoms with Crippen molar-refractivity contribution in [1.29, 1.82) is 0 Å². The number of aromatic nitrogens is 1. The van der Waals surface area contributed by atoms with Crippen LogP contribution in [-0.2, 0) is 4.79 Å². The highest BCUT2D eigenvalue weighted by atomic mass is 19.1. The van der Waals surface area contributed by atoms with E-state index in [1.165, 1.54) is 19.1 Å². The van der Waals surface area contributed by atoms with E-state index in [1.807, 2.05) is 0 Å². The van der Waals surface area contributed by atoms with Gasteiger partial charge in [0, 0.05) is 0 Å². The predicted molar refractivity (Wildman–Crippen MR) is 44.5 cm³/mol. The number of pyridine rings is 1. The fourth-order valence-corrected chi connectivity index (χ4v) is 0.680. The topological polar surface area (TPSA) is 62.2 Å². The molecule has 5 heteroatoms.